The lowest BCUT2D eigenvalue weighted by molar-refractivity contribution is 0.597. The lowest BCUT2D eigenvalue weighted by Gasteiger charge is -2.11. The monoisotopic (exact) mass is 454 g/mol. The summed E-state index contributed by atoms with van der Waals surface area (Å²) in [5.74, 6) is 0.361. The molecule has 0 bridgehead atoms. The van der Waals surface area contributed by atoms with Crippen molar-refractivity contribution in [2.75, 3.05) is 5.75 Å². The smallest absolute Gasteiger partial charge is 0.178 e. The zero-order valence-corrected chi connectivity index (χ0v) is 18.4. The molecule has 1 heterocycles. The van der Waals surface area contributed by atoms with E-state index in [0.29, 0.717) is 21.3 Å². The van der Waals surface area contributed by atoms with Gasteiger partial charge in [-0.1, -0.05) is 48.9 Å². The molecule has 4 nitrogen and oxygen atoms in total. The maximum absolute atomic E-state index is 14.2. The summed E-state index contributed by atoms with van der Waals surface area (Å²) in [5, 5.41) is 0.367. The molecular weight excluding hydrogens is 435 g/mol. The summed E-state index contributed by atoms with van der Waals surface area (Å²) in [5.41, 5.74) is 2.99. The van der Waals surface area contributed by atoms with Gasteiger partial charge in [-0.3, -0.25) is 0 Å². The van der Waals surface area contributed by atoms with Gasteiger partial charge >= 0.3 is 0 Å². The van der Waals surface area contributed by atoms with E-state index in [2.05, 4.69) is 4.98 Å². The van der Waals surface area contributed by atoms with E-state index in [1.807, 2.05) is 41.1 Å². The third kappa shape index (κ3) is 4.40. The van der Waals surface area contributed by atoms with Gasteiger partial charge in [0.05, 0.1) is 10.6 Å². The number of hydrogen-bond donors (Lipinski definition) is 0. The molecule has 0 aliphatic heterocycles. The second kappa shape index (κ2) is 8.65. The molecule has 0 spiro atoms. The fraction of sp³-hybridized carbons (Fsp3) is 0.125. The Morgan fingerprint density at radius 1 is 1.00 bits per heavy atom. The summed E-state index contributed by atoms with van der Waals surface area (Å²) in [6.07, 6.45) is 3.74. The Morgan fingerprint density at radius 2 is 1.74 bits per heavy atom. The van der Waals surface area contributed by atoms with Crippen LogP contribution in [0.4, 0.5) is 4.39 Å². The van der Waals surface area contributed by atoms with Crippen molar-refractivity contribution in [2.24, 2.45) is 0 Å². The van der Waals surface area contributed by atoms with Crippen molar-refractivity contribution in [3.05, 3.63) is 101 Å². The van der Waals surface area contributed by atoms with Crippen LogP contribution in [0.15, 0.2) is 84.0 Å². The first-order valence-electron chi connectivity index (χ1n) is 9.78. The molecular formula is C24H20ClFN2O2S. The third-order valence-corrected chi connectivity index (χ3v) is 7.25. The molecule has 0 saturated carbocycles. The fourth-order valence-corrected chi connectivity index (χ4v) is 4.57. The van der Waals surface area contributed by atoms with Crippen LogP contribution in [0.3, 0.4) is 0 Å². The van der Waals surface area contributed by atoms with Crippen LogP contribution in [0.25, 0.3) is 16.8 Å². The molecule has 0 aliphatic carbocycles. The minimum Gasteiger partial charge on any atom is -0.303 e. The Labute approximate surface area is 185 Å². The largest absolute Gasteiger partial charge is 0.303 e. The molecule has 4 aromatic rings. The van der Waals surface area contributed by atoms with E-state index >= 15 is 0 Å². The lowest BCUT2D eigenvalue weighted by atomic mass is 10.1. The molecule has 7 heteroatoms. The van der Waals surface area contributed by atoms with Gasteiger partial charge in [-0.2, -0.15) is 0 Å². The standard InChI is InChI=1S/C24H20ClFN2O2S/c1-2-31(29,30)20-6-3-5-18(15-20)17-9-11-19(12-10-17)28-14-13-27-24(28)16-21-22(25)7-4-8-23(21)26/h3-15H,2,16H2,1H3. The number of aromatic nitrogens is 2. The molecule has 0 N–H and O–H groups in total. The molecule has 3 aromatic carbocycles. The highest BCUT2D eigenvalue weighted by Crippen LogP contribution is 2.26. The van der Waals surface area contributed by atoms with Gasteiger partial charge < -0.3 is 4.57 Å². The number of nitrogens with zero attached hydrogens (tertiary/aromatic N) is 2. The fourth-order valence-electron chi connectivity index (χ4n) is 3.41. The number of hydrogen-bond acceptors (Lipinski definition) is 3. The highest BCUT2D eigenvalue weighted by atomic mass is 35.5. The minimum absolute atomic E-state index is 0.0603. The number of sulfone groups is 1. The SMILES string of the molecule is CCS(=O)(=O)c1cccc(-c2ccc(-n3ccnc3Cc3c(F)cccc3Cl)cc2)c1. The second-order valence-electron chi connectivity index (χ2n) is 7.07. The van der Waals surface area contributed by atoms with Crippen LogP contribution in [0.1, 0.15) is 18.3 Å². The van der Waals surface area contributed by atoms with Crippen molar-refractivity contribution in [3.8, 4) is 16.8 Å². The quantitative estimate of drug-likeness (QED) is 0.374. The first-order chi connectivity index (χ1) is 14.9. The predicted octanol–water partition coefficient (Wildman–Crippen LogP) is 5.72. The van der Waals surface area contributed by atoms with E-state index in [4.69, 9.17) is 11.6 Å². The van der Waals surface area contributed by atoms with Crippen LogP contribution in [0, 0.1) is 5.82 Å². The summed E-state index contributed by atoms with van der Waals surface area (Å²) < 4.78 is 40.4. The zero-order valence-electron chi connectivity index (χ0n) is 16.8. The number of benzene rings is 3. The van der Waals surface area contributed by atoms with Crippen molar-refractivity contribution in [1.82, 2.24) is 9.55 Å². The molecule has 0 unspecified atom stereocenters. The van der Waals surface area contributed by atoms with Crippen LogP contribution in [0.5, 0.6) is 0 Å². The van der Waals surface area contributed by atoms with Crippen molar-refractivity contribution >= 4 is 21.4 Å². The third-order valence-electron chi connectivity index (χ3n) is 5.17. The molecule has 0 atom stereocenters. The molecule has 31 heavy (non-hydrogen) atoms. The van der Waals surface area contributed by atoms with Crippen molar-refractivity contribution in [2.45, 2.75) is 18.2 Å². The minimum atomic E-state index is -3.27. The van der Waals surface area contributed by atoms with Gasteiger partial charge in [0.25, 0.3) is 0 Å². The van der Waals surface area contributed by atoms with Gasteiger partial charge in [-0.05, 0) is 47.5 Å². The Hall–Kier alpha value is -2.96. The normalized spacial score (nSPS) is 11.6. The Kier molecular flexibility index (Phi) is 5.94. The van der Waals surface area contributed by atoms with Gasteiger partial charge in [0.15, 0.2) is 9.84 Å². The van der Waals surface area contributed by atoms with Crippen LogP contribution in [-0.4, -0.2) is 23.7 Å². The maximum atomic E-state index is 14.2. The van der Waals surface area contributed by atoms with Crippen molar-refractivity contribution in [3.63, 3.8) is 0 Å². The molecule has 0 fully saturated rings. The molecule has 1 aromatic heterocycles. The van der Waals surface area contributed by atoms with Gasteiger partial charge in [0.1, 0.15) is 11.6 Å². The van der Waals surface area contributed by atoms with E-state index in [9.17, 15) is 12.8 Å². The van der Waals surface area contributed by atoms with Crippen LogP contribution in [-0.2, 0) is 16.3 Å². The molecule has 4 rings (SSSR count). The highest BCUT2D eigenvalue weighted by molar-refractivity contribution is 7.91. The summed E-state index contributed by atoms with van der Waals surface area (Å²) in [4.78, 5) is 4.68. The first-order valence-corrected chi connectivity index (χ1v) is 11.8. The number of imidazole rings is 1. The first kappa shape index (κ1) is 21.3. The van der Waals surface area contributed by atoms with Gasteiger partial charge in [0.2, 0.25) is 0 Å². The van der Waals surface area contributed by atoms with E-state index in [1.165, 1.54) is 6.07 Å². The topological polar surface area (TPSA) is 52.0 Å². The Morgan fingerprint density at radius 3 is 2.45 bits per heavy atom. The molecule has 0 amide bonds. The predicted molar refractivity (Wildman–Crippen MR) is 121 cm³/mol. The molecule has 0 radical (unpaired) electrons. The zero-order chi connectivity index (χ0) is 22.0. The average molecular weight is 455 g/mol. The molecule has 158 valence electrons. The Bertz CT molecular complexity index is 1310. The van der Waals surface area contributed by atoms with Crippen LogP contribution < -0.4 is 0 Å². The maximum Gasteiger partial charge on any atom is 0.178 e. The average Bonchev–Trinajstić information content (AvgIpc) is 3.25. The number of rotatable bonds is 6. The lowest BCUT2D eigenvalue weighted by Crippen LogP contribution is -2.04. The molecule has 0 saturated heterocycles. The van der Waals surface area contributed by atoms with Gasteiger partial charge in [0, 0.05) is 35.1 Å². The highest BCUT2D eigenvalue weighted by Gasteiger charge is 2.14. The van der Waals surface area contributed by atoms with E-state index < -0.39 is 9.84 Å². The Balaban J connectivity index is 1.64. The van der Waals surface area contributed by atoms with Crippen LogP contribution in [0.2, 0.25) is 5.02 Å². The summed E-state index contributed by atoms with van der Waals surface area (Å²) in [7, 11) is -3.27. The van der Waals surface area contributed by atoms with Gasteiger partial charge in [-0.15, -0.1) is 0 Å². The van der Waals surface area contributed by atoms with E-state index in [-0.39, 0.29) is 18.0 Å². The van der Waals surface area contributed by atoms with Crippen molar-refractivity contribution < 1.29 is 12.8 Å². The number of halogens is 2. The molecule has 0 aliphatic rings. The summed E-state index contributed by atoms with van der Waals surface area (Å²) in [6.45, 7) is 1.63. The van der Waals surface area contributed by atoms with Gasteiger partial charge in [-0.25, -0.2) is 17.8 Å². The van der Waals surface area contributed by atoms with E-state index in [0.717, 1.165) is 16.8 Å². The summed E-state index contributed by atoms with van der Waals surface area (Å²) in [6, 6.07) is 19.2. The second-order valence-corrected chi connectivity index (χ2v) is 9.75. The summed E-state index contributed by atoms with van der Waals surface area (Å²) >= 11 is 6.17. The van der Waals surface area contributed by atoms with E-state index in [1.54, 1.807) is 43.5 Å². The van der Waals surface area contributed by atoms with Crippen molar-refractivity contribution in [1.29, 1.82) is 0 Å². The van der Waals surface area contributed by atoms with Crippen LogP contribution >= 0.6 is 11.6 Å².